The van der Waals surface area contributed by atoms with Gasteiger partial charge in [0.05, 0.1) is 11.6 Å². The molecule has 0 spiro atoms. The SMILES string of the molecule is CC[C@@H](C(=O)O)c1c(I)cc(I)c(N(C)C(C)=O)c1I. The van der Waals surface area contributed by atoms with Gasteiger partial charge in [0, 0.05) is 24.7 Å². The Bertz CT molecular complexity index is 560. The lowest BCUT2D eigenvalue weighted by Crippen LogP contribution is -2.26. The van der Waals surface area contributed by atoms with Gasteiger partial charge < -0.3 is 10.0 Å². The Kier molecular flexibility index (Phi) is 6.96. The predicted molar refractivity (Wildman–Crippen MR) is 104 cm³/mol. The monoisotopic (exact) mass is 613 g/mol. The van der Waals surface area contributed by atoms with E-state index >= 15 is 0 Å². The highest BCUT2D eigenvalue weighted by molar-refractivity contribution is 14.1. The van der Waals surface area contributed by atoms with Crippen molar-refractivity contribution in [3.05, 3.63) is 22.3 Å². The summed E-state index contributed by atoms with van der Waals surface area (Å²) >= 11 is 6.49. The van der Waals surface area contributed by atoms with Crippen LogP contribution >= 0.6 is 67.8 Å². The average molecular weight is 613 g/mol. The Balaban J connectivity index is 3.59. The second kappa shape index (κ2) is 7.56. The van der Waals surface area contributed by atoms with Crippen LogP contribution < -0.4 is 4.90 Å². The summed E-state index contributed by atoms with van der Waals surface area (Å²) in [4.78, 5) is 24.6. The molecular weight excluding hydrogens is 599 g/mol. The van der Waals surface area contributed by atoms with Crippen molar-refractivity contribution in [1.82, 2.24) is 0 Å². The van der Waals surface area contributed by atoms with E-state index in [0.29, 0.717) is 6.42 Å². The minimum absolute atomic E-state index is 0.0728. The van der Waals surface area contributed by atoms with Crippen molar-refractivity contribution in [2.24, 2.45) is 0 Å². The first-order valence-corrected chi connectivity index (χ1v) is 9.10. The van der Waals surface area contributed by atoms with Crippen LogP contribution in [0.15, 0.2) is 6.07 Å². The zero-order chi connectivity index (χ0) is 15.6. The number of hydrogen-bond donors (Lipinski definition) is 1. The minimum atomic E-state index is -0.832. The number of amides is 1. The molecule has 0 saturated heterocycles. The molecule has 1 N–H and O–H groups in total. The number of aliphatic carboxylic acids is 1. The summed E-state index contributed by atoms with van der Waals surface area (Å²) in [5.74, 6) is -1.46. The van der Waals surface area contributed by atoms with Gasteiger partial charge in [0.15, 0.2) is 0 Å². The Hall–Kier alpha value is 0.350. The molecule has 20 heavy (non-hydrogen) atoms. The summed E-state index contributed by atoms with van der Waals surface area (Å²) in [6, 6.07) is 1.93. The Labute approximate surface area is 159 Å². The fraction of sp³-hybridized carbons (Fsp3) is 0.385. The fourth-order valence-electron chi connectivity index (χ4n) is 1.88. The number of benzene rings is 1. The van der Waals surface area contributed by atoms with Crippen molar-refractivity contribution >= 4 is 85.3 Å². The molecule has 1 rings (SSSR count). The molecule has 0 unspecified atom stereocenters. The van der Waals surface area contributed by atoms with Crippen molar-refractivity contribution in [3.8, 4) is 0 Å². The lowest BCUT2D eigenvalue weighted by atomic mass is 9.96. The van der Waals surface area contributed by atoms with Crippen LogP contribution in [-0.4, -0.2) is 24.0 Å². The summed E-state index contributed by atoms with van der Waals surface area (Å²) in [5, 5.41) is 9.39. The van der Waals surface area contributed by atoms with Gasteiger partial charge in [-0.1, -0.05) is 6.92 Å². The third-order valence-electron chi connectivity index (χ3n) is 3.04. The van der Waals surface area contributed by atoms with Crippen LogP contribution in [0.3, 0.4) is 0 Å². The normalized spacial score (nSPS) is 12.1. The molecule has 0 saturated carbocycles. The maximum atomic E-state index is 11.6. The summed E-state index contributed by atoms with van der Waals surface area (Å²) in [6.07, 6.45) is 0.519. The van der Waals surface area contributed by atoms with Crippen LogP contribution in [0.2, 0.25) is 0 Å². The number of carbonyl (C=O) groups excluding carboxylic acids is 1. The molecule has 110 valence electrons. The second-order valence-corrected chi connectivity index (χ2v) is 7.70. The number of anilines is 1. The van der Waals surface area contributed by atoms with Gasteiger partial charge in [-0.3, -0.25) is 9.59 Å². The van der Waals surface area contributed by atoms with Crippen molar-refractivity contribution in [2.75, 3.05) is 11.9 Å². The fourth-order valence-corrected chi connectivity index (χ4v) is 6.73. The van der Waals surface area contributed by atoms with Crippen molar-refractivity contribution in [3.63, 3.8) is 0 Å². The largest absolute Gasteiger partial charge is 0.481 e. The quantitative estimate of drug-likeness (QED) is 0.522. The van der Waals surface area contributed by atoms with Crippen LogP contribution in [0.1, 0.15) is 31.7 Å². The van der Waals surface area contributed by atoms with E-state index < -0.39 is 11.9 Å². The number of carbonyl (C=O) groups is 2. The van der Waals surface area contributed by atoms with Crippen LogP contribution in [0.4, 0.5) is 5.69 Å². The zero-order valence-electron chi connectivity index (χ0n) is 11.2. The van der Waals surface area contributed by atoms with E-state index in [4.69, 9.17) is 0 Å². The first kappa shape index (κ1) is 18.4. The highest BCUT2D eigenvalue weighted by Gasteiger charge is 2.27. The summed E-state index contributed by atoms with van der Waals surface area (Å²) in [7, 11) is 1.71. The minimum Gasteiger partial charge on any atom is -0.481 e. The van der Waals surface area contributed by atoms with Crippen LogP contribution in [-0.2, 0) is 9.59 Å². The highest BCUT2D eigenvalue weighted by Crippen LogP contribution is 2.38. The Morgan fingerprint density at radius 3 is 2.25 bits per heavy atom. The number of nitrogens with zero attached hydrogens (tertiary/aromatic N) is 1. The van der Waals surface area contributed by atoms with Gasteiger partial charge in [0.2, 0.25) is 5.91 Å². The van der Waals surface area contributed by atoms with E-state index in [2.05, 4.69) is 67.8 Å². The van der Waals surface area contributed by atoms with Crippen molar-refractivity contribution < 1.29 is 14.7 Å². The first-order valence-electron chi connectivity index (χ1n) is 5.86. The number of carboxylic acid groups (broad SMARTS) is 1. The summed E-state index contributed by atoms with van der Waals surface area (Å²) in [5.41, 5.74) is 1.58. The number of hydrogen-bond acceptors (Lipinski definition) is 2. The molecule has 1 aromatic rings. The van der Waals surface area contributed by atoms with Gasteiger partial charge in [0.1, 0.15) is 0 Å². The van der Waals surface area contributed by atoms with E-state index in [1.165, 1.54) is 6.92 Å². The molecular formula is C13H14I3NO3. The van der Waals surface area contributed by atoms with Crippen LogP contribution in [0, 0.1) is 10.7 Å². The smallest absolute Gasteiger partial charge is 0.311 e. The summed E-state index contributed by atoms with van der Waals surface area (Å²) < 4.78 is 2.70. The first-order chi connectivity index (χ1) is 9.22. The van der Waals surface area contributed by atoms with Gasteiger partial charge in [-0.25, -0.2) is 0 Å². The zero-order valence-corrected chi connectivity index (χ0v) is 17.7. The molecule has 7 heteroatoms. The van der Waals surface area contributed by atoms with E-state index in [1.54, 1.807) is 11.9 Å². The van der Waals surface area contributed by atoms with Gasteiger partial charge >= 0.3 is 5.97 Å². The second-order valence-electron chi connectivity index (χ2n) is 4.29. The highest BCUT2D eigenvalue weighted by atomic mass is 127. The third kappa shape index (κ3) is 3.76. The molecule has 1 amide bonds. The standard InChI is InChI=1S/C13H14I3NO3/c1-4-7(13(19)20)10-8(14)5-9(15)12(11(10)16)17(3)6(2)18/h5,7H,4H2,1-3H3,(H,19,20)/t7-/m1/s1. The number of halogens is 3. The maximum Gasteiger partial charge on any atom is 0.311 e. The molecule has 0 heterocycles. The number of rotatable bonds is 4. The van der Waals surface area contributed by atoms with E-state index in [1.807, 2.05) is 13.0 Å². The molecule has 0 bridgehead atoms. The third-order valence-corrected chi connectivity index (χ3v) is 5.85. The van der Waals surface area contributed by atoms with Crippen LogP contribution in [0.25, 0.3) is 0 Å². The number of carboxylic acids is 1. The molecule has 0 aliphatic heterocycles. The van der Waals surface area contributed by atoms with Gasteiger partial charge in [-0.2, -0.15) is 0 Å². The molecule has 1 atom stereocenters. The van der Waals surface area contributed by atoms with E-state index in [-0.39, 0.29) is 5.91 Å². The molecule has 0 fully saturated rings. The lowest BCUT2D eigenvalue weighted by molar-refractivity contribution is -0.138. The molecule has 4 nitrogen and oxygen atoms in total. The molecule has 0 radical (unpaired) electrons. The molecule has 0 aromatic heterocycles. The van der Waals surface area contributed by atoms with E-state index in [9.17, 15) is 14.7 Å². The summed E-state index contributed by atoms with van der Waals surface area (Å²) in [6.45, 7) is 3.36. The molecule has 0 aliphatic rings. The van der Waals surface area contributed by atoms with Crippen molar-refractivity contribution in [2.45, 2.75) is 26.2 Å². The van der Waals surface area contributed by atoms with Gasteiger partial charge in [-0.15, -0.1) is 0 Å². The topological polar surface area (TPSA) is 57.6 Å². The van der Waals surface area contributed by atoms with Gasteiger partial charge in [0.25, 0.3) is 0 Å². The molecule has 0 aliphatic carbocycles. The van der Waals surface area contributed by atoms with Crippen LogP contribution in [0.5, 0.6) is 0 Å². The predicted octanol–water partition coefficient (Wildman–Crippen LogP) is 4.06. The Morgan fingerprint density at radius 2 is 1.85 bits per heavy atom. The molecule has 1 aromatic carbocycles. The van der Waals surface area contributed by atoms with Gasteiger partial charge in [-0.05, 0) is 85.8 Å². The van der Waals surface area contributed by atoms with Crippen molar-refractivity contribution in [1.29, 1.82) is 0 Å². The maximum absolute atomic E-state index is 11.6. The lowest BCUT2D eigenvalue weighted by Gasteiger charge is -2.24. The average Bonchev–Trinajstić information content (AvgIpc) is 2.33. The van der Waals surface area contributed by atoms with E-state index in [0.717, 1.165) is 22.0 Å². The Morgan fingerprint density at radius 1 is 1.30 bits per heavy atom.